The third-order valence-corrected chi connectivity index (χ3v) is 7.52. The monoisotopic (exact) mass is 478 g/mol. The van der Waals surface area contributed by atoms with Crippen molar-refractivity contribution in [3.05, 3.63) is 59.1 Å². The molecule has 1 amide bonds. The highest BCUT2D eigenvalue weighted by Gasteiger charge is 2.25. The third-order valence-electron chi connectivity index (χ3n) is 5.50. The van der Waals surface area contributed by atoms with Crippen LogP contribution >= 0.6 is 11.6 Å². The van der Waals surface area contributed by atoms with Crippen molar-refractivity contribution >= 4 is 39.2 Å². The van der Waals surface area contributed by atoms with E-state index in [2.05, 4.69) is 5.32 Å². The van der Waals surface area contributed by atoms with Gasteiger partial charge in [0, 0.05) is 18.1 Å². The van der Waals surface area contributed by atoms with Gasteiger partial charge in [-0.2, -0.15) is 0 Å². The molecule has 32 heavy (non-hydrogen) atoms. The molecule has 1 N–H and O–H groups in total. The standard InChI is InChI=1S/C23H27ClN2O5S/c1-16(22(27)25-19-10-4-3-5-11-19)31-23(28)17-8-6-13-21(14-17)32(29,30)26(2)20-12-7-9-18(24)15-20/h6-9,12-16,19H,3-5,10-11H2,1-2H3,(H,25,27). The van der Waals surface area contributed by atoms with Gasteiger partial charge >= 0.3 is 5.97 Å². The lowest BCUT2D eigenvalue weighted by Gasteiger charge is -2.24. The van der Waals surface area contributed by atoms with Crippen molar-refractivity contribution in [2.45, 2.75) is 56.1 Å². The van der Waals surface area contributed by atoms with Gasteiger partial charge in [-0.25, -0.2) is 13.2 Å². The highest BCUT2D eigenvalue weighted by Crippen LogP contribution is 2.25. The number of carbonyl (C=O) groups is 2. The van der Waals surface area contributed by atoms with Crippen molar-refractivity contribution in [3.63, 3.8) is 0 Å². The molecule has 0 aromatic heterocycles. The largest absolute Gasteiger partial charge is 0.449 e. The molecule has 1 atom stereocenters. The maximum absolute atomic E-state index is 13.0. The minimum atomic E-state index is -3.94. The number of hydrogen-bond acceptors (Lipinski definition) is 5. The smallest absolute Gasteiger partial charge is 0.338 e. The predicted molar refractivity (Wildman–Crippen MR) is 123 cm³/mol. The molecule has 0 heterocycles. The number of esters is 1. The fourth-order valence-electron chi connectivity index (χ4n) is 3.60. The maximum atomic E-state index is 13.0. The molecule has 172 valence electrons. The molecular weight excluding hydrogens is 452 g/mol. The molecule has 2 aromatic rings. The molecule has 0 aliphatic heterocycles. The summed E-state index contributed by atoms with van der Waals surface area (Å²) in [6, 6.07) is 12.1. The molecule has 0 bridgehead atoms. The first-order valence-corrected chi connectivity index (χ1v) is 12.4. The summed E-state index contributed by atoms with van der Waals surface area (Å²) < 4.78 is 32.5. The van der Waals surface area contributed by atoms with Gasteiger partial charge in [0.15, 0.2) is 6.10 Å². The van der Waals surface area contributed by atoms with Crippen LogP contribution < -0.4 is 9.62 Å². The Balaban J connectivity index is 1.70. The van der Waals surface area contributed by atoms with E-state index in [0.29, 0.717) is 10.7 Å². The van der Waals surface area contributed by atoms with Gasteiger partial charge in [-0.05, 0) is 56.2 Å². The number of hydrogen-bond donors (Lipinski definition) is 1. The fraction of sp³-hybridized carbons (Fsp3) is 0.391. The number of ether oxygens (including phenoxy) is 1. The van der Waals surface area contributed by atoms with Gasteiger partial charge in [-0.15, -0.1) is 0 Å². The van der Waals surface area contributed by atoms with Gasteiger partial charge in [-0.3, -0.25) is 9.10 Å². The average molecular weight is 479 g/mol. The number of amides is 1. The molecule has 1 fully saturated rings. The van der Waals surface area contributed by atoms with Gasteiger partial charge in [0.05, 0.1) is 16.1 Å². The van der Waals surface area contributed by atoms with Crippen LogP contribution in [0.4, 0.5) is 5.69 Å². The summed E-state index contributed by atoms with van der Waals surface area (Å²) in [5.74, 6) is -1.12. The Morgan fingerprint density at radius 2 is 1.78 bits per heavy atom. The van der Waals surface area contributed by atoms with E-state index in [0.717, 1.165) is 30.0 Å². The van der Waals surface area contributed by atoms with Gasteiger partial charge in [0.25, 0.3) is 15.9 Å². The van der Waals surface area contributed by atoms with E-state index in [9.17, 15) is 18.0 Å². The summed E-state index contributed by atoms with van der Waals surface area (Å²) in [6.45, 7) is 1.50. The molecule has 0 radical (unpaired) electrons. The summed E-state index contributed by atoms with van der Waals surface area (Å²) in [5.41, 5.74) is 0.432. The normalized spacial score (nSPS) is 15.6. The molecule has 0 spiro atoms. The topological polar surface area (TPSA) is 92.8 Å². The predicted octanol–water partition coefficient (Wildman–Crippen LogP) is 4.16. The SMILES string of the molecule is CC(OC(=O)c1cccc(S(=O)(=O)N(C)c2cccc(Cl)c2)c1)C(=O)NC1CCCCC1. The molecule has 1 unspecified atom stereocenters. The van der Waals surface area contributed by atoms with Crippen molar-refractivity contribution in [1.29, 1.82) is 0 Å². The van der Waals surface area contributed by atoms with Crippen molar-refractivity contribution < 1.29 is 22.7 Å². The molecule has 0 saturated heterocycles. The summed E-state index contributed by atoms with van der Waals surface area (Å²) in [6.07, 6.45) is 4.18. The van der Waals surface area contributed by atoms with Crippen LogP contribution in [-0.2, 0) is 19.6 Å². The highest BCUT2D eigenvalue weighted by atomic mass is 35.5. The number of nitrogens with zero attached hydrogens (tertiary/aromatic N) is 1. The molecule has 1 aliphatic rings. The average Bonchev–Trinajstić information content (AvgIpc) is 2.79. The quantitative estimate of drug-likeness (QED) is 0.603. The number of carbonyl (C=O) groups excluding carboxylic acids is 2. The van der Waals surface area contributed by atoms with Gasteiger partial charge < -0.3 is 10.1 Å². The second kappa shape index (κ2) is 10.4. The summed E-state index contributed by atoms with van der Waals surface area (Å²) >= 11 is 5.97. The number of halogens is 1. The minimum absolute atomic E-state index is 0.0443. The lowest BCUT2D eigenvalue weighted by Crippen LogP contribution is -2.42. The maximum Gasteiger partial charge on any atom is 0.338 e. The Hall–Kier alpha value is -2.58. The van der Waals surface area contributed by atoms with Gasteiger partial charge in [0.2, 0.25) is 0 Å². The van der Waals surface area contributed by atoms with E-state index in [-0.39, 0.29) is 22.4 Å². The van der Waals surface area contributed by atoms with Crippen molar-refractivity contribution in [2.24, 2.45) is 0 Å². The van der Waals surface area contributed by atoms with Crippen LogP contribution in [0.1, 0.15) is 49.4 Å². The van der Waals surface area contributed by atoms with Crippen LogP contribution in [0.5, 0.6) is 0 Å². The summed E-state index contributed by atoms with van der Waals surface area (Å²) in [4.78, 5) is 24.9. The first-order chi connectivity index (χ1) is 15.2. The Morgan fingerprint density at radius 3 is 2.47 bits per heavy atom. The Bertz CT molecular complexity index is 1080. The lowest BCUT2D eigenvalue weighted by atomic mass is 9.95. The van der Waals surface area contributed by atoms with E-state index in [1.807, 2.05) is 0 Å². The second-order valence-corrected chi connectivity index (χ2v) is 10.3. The van der Waals surface area contributed by atoms with E-state index in [1.54, 1.807) is 18.2 Å². The summed E-state index contributed by atoms with van der Waals surface area (Å²) in [5, 5.41) is 3.32. The summed E-state index contributed by atoms with van der Waals surface area (Å²) in [7, 11) is -2.53. The van der Waals surface area contributed by atoms with E-state index >= 15 is 0 Å². The highest BCUT2D eigenvalue weighted by molar-refractivity contribution is 7.92. The van der Waals surface area contributed by atoms with Crippen molar-refractivity contribution in [1.82, 2.24) is 5.32 Å². The molecule has 3 rings (SSSR count). The Kier molecular flexibility index (Phi) is 7.79. The zero-order valence-electron chi connectivity index (χ0n) is 18.1. The molecule has 9 heteroatoms. The molecule has 2 aromatic carbocycles. The first kappa shape index (κ1) is 24.1. The van der Waals surface area contributed by atoms with Crippen LogP contribution in [0.2, 0.25) is 5.02 Å². The zero-order valence-corrected chi connectivity index (χ0v) is 19.7. The van der Waals surface area contributed by atoms with Crippen LogP contribution in [-0.4, -0.2) is 39.5 Å². The third kappa shape index (κ3) is 5.81. The van der Waals surface area contributed by atoms with Crippen LogP contribution in [0.25, 0.3) is 0 Å². The molecule has 1 saturated carbocycles. The van der Waals surface area contributed by atoms with Gasteiger partial charge in [0.1, 0.15) is 0 Å². The van der Waals surface area contributed by atoms with E-state index < -0.39 is 22.1 Å². The van der Waals surface area contributed by atoms with Gasteiger partial charge in [-0.1, -0.05) is 43.0 Å². The van der Waals surface area contributed by atoms with E-state index in [1.165, 1.54) is 50.7 Å². The molecule has 7 nitrogen and oxygen atoms in total. The fourth-order valence-corrected chi connectivity index (χ4v) is 5.02. The van der Waals surface area contributed by atoms with Crippen LogP contribution in [0.15, 0.2) is 53.4 Å². The second-order valence-electron chi connectivity index (χ2n) is 7.87. The minimum Gasteiger partial charge on any atom is -0.449 e. The Morgan fingerprint density at radius 1 is 1.09 bits per heavy atom. The number of anilines is 1. The number of benzene rings is 2. The molecular formula is C23H27ClN2O5S. The number of sulfonamides is 1. The van der Waals surface area contributed by atoms with Crippen molar-refractivity contribution in [3.8, 4) is 0 Å². The number of rotatable bonds is 7. The number of nitrogens with one attached hydrogen (secondary N) is 1. The lowest BCUT2D eigenvalue weighted by molar-refractivity contribution is -0.130. The van der Waals surface area contributed by atoms with E-state index in [4.69, 9.17) is 16.3 Å². The van der Waals surface area contributed by atoms with Crippen molar-refractivity contribution in [2.75, 3.05) is 11.4 Å². The zero-order chi connectivity index (χ0) is 23.3. The molecule has 1 aliphatic carbocycles. The van der Waals surface area contributed by atoms with Crippen LogP contribution in [0.3, 0.4) is 0 Å². The van der Waals surface area contributed by atoms with Crippen LogP contribution in [0, 0.1) is 0 Å². The Labute approximate surface area is 193 Å². The first-order valence-electron chi connectivity index (χ1n) is 10.5.